The highest BCUT2D eigenvalue weighted by Crippen LogP contribution is 2.14. The molecule has 0 aromatic carbocycles. The first-order valence-corrected chi connectivity index (χ1v) is 7.34. The summed E-state index contributed by atoms with van der Waals surface area (Å²) in [5.74, 6) is 0. The number of carbonyl (C=O) groups excluding carboxylic acids is 1. The molecular formula is C11H22N2O4S. The number of nitrogens with one attached hydrogen (secondary N) is 1. The second-order valence-corrected chi connectivity index (χ2v) is 7.00. The highest BCUT2D eigenvalue weighted by Gasteiger charge is 2.27. The van der Waals surface area contributed by atoms with Crippen molar-refractivity contribution >= 4 is 16.1 Å². The molecule has 0 spiro atoms. The number of hydrogen-bond acceptors (Lipinski definition) is 4. The molecule has 0 saturated carbocycles. The van der Waals surface area contributed by atoms with Gasteiger partial charge in [0.2, 0.25) is 10.0 Å². The van der Waals surface area contributed by atoms with Crippen LogP contribution in [0.5, 0.6) is 0 Å². The van der Waals surface area contributed by atoms with Crippen LogP contribution in [0.2, 0.25) is 0 Å². The van der Waals surface area contributed by atoms with Gasteiger partial charge in [0.15, 0.2) is 0 Å². The van der Waals surface area contributed by atoms with Crippen LogP contribution in [0.3, 0.4) is 0 Å². The predicted molar refractivity (Wildman–Crippen MR) is 68.8 cm³/mol. The molecule has 0 radical (unpaired) electrons. The molecule has 1 aliphatic heterocycles. The van der Waals surface area contributed by atoms with Gasteiger partial charge in [0.1, 0.15) is 5.60 Å². The third kappa shape index (κ3) is 5.22. The number of rotatable bonds is 2. The van der Waals surface area contributed by atoms with E-state index in [1.807, 2.05) is 0 Å². The average Bonchev–Trinajstić information content (AvgIpc) is 2.18. The van der Waals surface area contributed by atoms with Crippen molar-refractivity contribution in [3.8, 4) is 0 Å². The summed E-state index contributed by atoms with van der Waals surface area (Å²) in [6.07, 6.45) is -4.61. The molecule has 1 heterocycles. The van der Waals surface area contributed by atoms with E-state index in [1.54, 1.807) is 20.8 Å². The van der Waals surface area contributed by atoms with Crippen molar-refractivity contribution in [3.05, 3.63) is 0 Å². The molecular weight excluding hydrogens is 256 g/mol. The van der Waals surface area contributed by atoms with Crippen LogP contribution in [0.25, 0.3) is 0 Å². The summed E-state index contributed by atoms with van der Waals surface area (Å²) in [4.78, 5) is 11.8. The molecule has 1 N–H and O–H groups in total. The van der Waals surface area contributed by atoms with Crippen molar-refractivity contribution in [2.24, 2.45) is 0 Å². The molecule has 1 amide bonds. The fourth-order valence-corrected chi connectivity index (χ4v) is 1.89. The van der Waals surface area contributed by atoms with Gasteiger partial charge >= 0.3 is 6.09 Å². The Labute approximate surface area is 114 Å². The lowest BCUT2D eigenvalue weighted by molar-refractivity contribution is 0.0489. The molecule has 0 atom stereocenters. The number of nitrogens with zero attached hydrogens (tertiary/aromatic N) is 1. The van der Waals surface area contributed by atoms with E-state index in [0.29, 0.717) is 0 Å². The Kier molecular flexibility index (Phi) is 3.03. The maximum Gasteiger partial charge on any atom is 0.407 e. The first-order valence-electron chi connectivity index (χ1n) is 7.49. The summed E-state index contributed by atoms with van der Waals surface area (Å²) < 4.78 is 60.6. The Hall–Kier alpha value is -0.820. The molecule has 1 aliphatic rings. The number of piperidine rings is 1. The Balaban J connectivity index is 2.98. The van der Waals surface area contributed by atoms with Crippen LogP contribution in [-0.4, -0.2) is 49.8 Å². The Morgan fingerprint density at radius 2 is 1.89 bits per heavy atom. The van der Waals surface area contributed by atoms with Crippen molar-refractivity contribution in [3.63, 3.8) is 0 Å². The summed E-state index contributed by atoms with van der Waals surface area (Å²) in [5, 5.41) is 2.20. The largest absolute Gasteiger partial charge is 0.444 e. The Bertz CT molecular complexity index is 527. The van der Waals surface area contributed by atoms with Crippen molar-refractivity contribution in [2.45, 2.75) is 45.2 Å². The molecule has 1 rings (SSSR count). The average molecular weight is 282 g/mol. The first kappa shape index (κ1) is 10.0. The second-order valence-electron chi connectivity index (χ2n) is 5.02. The minimum atomic E-state index is -3.74. The minimum absolute atomic E-state index is 0.536. The van der Waals surface area contributed by atoms with Crippen molar-refractivity contribution in [1.82, 2.24) is 9.62 Å². The zero-order chi connectivity index (χ0) is 17.6. The van der Waals surface area contributed by atoms with Gasteiger partial charge in [-0.1, -0.05) is 0 Å². The molecule has 0 unspecified atom stereocenters. The van der Waals surface area contributed by atoms with Gasteiger partial charge in [0.05, 0.1) is 6.26 Å². The van der Waals surface area contributed by atoms with Crippen LogP contribution < -0.4 is 5.32 Å². The normalized spacial score (nSPS) is 28.4. The lowest BCUT2D eigenvalue weighted by Gasteiger charge is -2.31. The number of sulfonamides is 1. The zero-order valence-electron chi connectivity index (χ0n) is 15.0. The van der Waals surface area contributed by atoms with Crippen molar-refractivity contribution in [2.75, 3.05) is 19.3 Å². The van der Waals surface area contributed by atoms with Gasteiger partial charge in [0.25, 0.3) is 0 Å². The Morgan fingerprint density at radius 3 is 2.28 bits per heavy atom. The lowest BCUT2D eigenvalue weighted by Crippen LogP contribution is -2.47. The zero-order valence-corrected chi connectivity index (χ0v) is 11.8. The maximum absolute atomic E-state index is 11.8. The predicted octanol–water partition coefficient (Wildman–Crippen LogP) is 0.935. The van der Waals surface area contributed by atoms with Crippen molar-refractivity contribution < 1.29 is 23.4 Å². The monoisotopic (exact) mass is 282 g/mol. The van der Waals surface area contributed by atoms with E-state index in [1.165, 1.54) is 0 Å². The topological polar surface area (TPSA) is 75.7 Å². The van der Waals surface area contributed by atoms with Crippen LogP contribution >= 0.6 is 0 Å². The number of carbonyl (C=O) groups is 1. The van der Waals surface area contributed by atoms with Gasteiger partial charge in [0, 0.05) is 24.6 Å². The van der Waals surface area contributed by atoms with Gasteiger partial charge in [-0.15, -0.1) is 0 Å². The molecule has 18 heavy (non-hydrogen) atoms. The van der Waals surface area contributed by atoms with Gasteiger partial charge < -0.3 is 10.1 Å². The van der Waals surface area contributed by atoms with Crippen LogP contribution in [0.4, 0.5) is 4.79 Å². The fraction of sp³-hybridized carbons (Fsp3) is 0.909. The van der Waals surface area contributed by atoms with E-state index in [4.69, 9.17) is 10.2 Å². The van der Waals surface area contributed by atoms with Crippen LogP contribution in [0.15, 0.2) is 0 Å². The third-order valence-electron chi connectivity index (χ3n) is 2.07. The standard InChI is InChI=1S/C11H22N2O4S/c1-11(2,3)17-10(14)12-9-5-7-13(8-6-9)18(4,15)16/h9H,5-8H2,1-4H3,(H,12,14)/i5D2,6D2. The highest BCUT2D eigenvalue weighted by atomic mass is 32.2. The lowest BCUT2D eigenvalue weighted by atomic mass is 10.1. The van der Waals surface area contributed by atoms with Gasteiger partial charge in [-0.05, 0) is 33.5 Å². The van der Waals surface area contributed by atoms with E-state index in [2.05, 4.69) is 5.32 Å². The molecule has 106 valence electrons. The third-order valence-corrected chi connectivity index (χ3v) is 3.27. The van der Waals surface area contributed by atoms with E-state index in [0.717, 1.165) is 10.6 Å². The molecule has 6 nitrogen and oxygen atoms in total. The highest BCUT2D eigenvalue weighted by molar-refractivity contribution is 7.88. The maximum atomic E-state index is 11.8. The summed E-state index contributed by atoms with van der Waals surface area (Å²) in [6, 6.07) is -1.52. The van der Waals surface area contributed by atoms with E-state index >= 15 is 0 Å². The summed E-state index contributed by atoms with van der Waals surface area (Å²) in [5.41, 5.74) is -0.809. The molecule has 1 saturated heterocycles. The van der Waals surface area contributed by atoms with E-state index in [9.17, 15) is 13.2 Å². The number of alkyl carbamates (subject to hydrolysis) is 1. The fourth-order valence-electron chi connectivity index (χ4n) is 1.28. The van der Waals surface area contributed by atoms with Crippen LogP contribution in [-0.2, 0) is 14.8 Å². The first-order chi connectivity index (χ1) is 9.55. The SMILES string of the molecule is [2H]C1([2H])CN(S(C)(=O)=O)CC([2H])([2H])C1NC(=O)OC(C)(C)C. The van der Waals surface area contributed by atoms with E-state index in [-0.39, 0.29) is 0 Å². The Morgan fingerprint density at radius 1 is 1.39 bits per heavy atom. The van der Waals surface area contributed by atoms with Gasteiger partial charge in [-0.2, -0.15) is 0 Å². The summed E-state index contributed by atoms with van der Waals surface area (Å²) >= 11 is 0. The molecule has 7 heteroatoms. The van der Waals surface area contributed by atoms with Gasteiger partial charge in [-0.3, -0.25) is 0 Å². The molecule has 0 aromatic rings. The minimum Gasteiger partial charge on any atom is -0.444 e. The van der Waals surface area contributed by atoms with Crippen LogP contribution in [0.1, 0.15) is 39.0 Å². The quantitative estimate of drug-likeness (QED) is 0.817. The van der Waals surface area contributed by atoms with E-state index < -0.39 is 53.6 Å². The summed E-state index contributed by atoms with van der Waals surface area (Å²) in [6.45, 7) is 3.81. The molecule has 1 fully saturated rings. The molecule has 0 aromatic heterocycles. The number of ether oxygens (including phenoxy) is 1. The number of hydrogen-bond donors (Lipinski definition) is 1. The molecule has 0 bridgehead atoms. The van der Waals surface area contributed by atoms with Crippen molar-refractivity contribution in [1.29, 1.82) is 0 Å². The van der Waals surface area contributed by atoms with Crippen LogP contribution in [0, 0.1) is 0 Å². The number of amides is 1. The summed E-state index contributed by atoms with van der Waals surface area (Å²) in [7, 11) is -3.74. The smallest absolute Gasteiger partial charge is 0.407 e. The molecule has 0 aliphatic carbocycles. The van der Waals surface area contributed by atoms with Gasteiger partial charge in [-0.25, -0.2) is 17.5 Å². The second kappa shape index (κ2) is 5.44.